The zero-order chi connectivity index (χ0) is 30.7. The van der Waals surface area contributed by atoms with Gasteiger partial charge in [0.05, 0.1) is 16.3 Å². The monoisotopic (exact) mass is 599 g/mol. The Labute approximate surface area is 242 Å². The van der Waals surface area contributed by atoms with Gasteiger partial charge in [0.15, 0.2) is 33.0 Å². The average Bonchev–Trinajstić information content (AvgIpc) is 3.13. The molecule has 0 spiro atoms. The van der Waals surface area contributed by atoms with Gasteiger partial charge in [0.2, 0.25) is 5.82 Å². The second kappa shape index (κ2) is 10.3. The first-order valence-electron chi connectivity index (χ1n) is 13.2. The summed E-state index contributed by atoms with van der Waals surface area (Å²) in [6, 6.07) is 5.02. The number of carbonyl (C=O) groups excluding carboxylic acids is 1. The van der Waals surface area contributed by atoms with Gasteiger partial charge in [-0.2, -0.15) is 4.39 Å². The summed E-state index contributed by atoms with van der Waals surface area (Å²) in [4.78, 5) is 19.2. The summed E-state index contributed by atoms with van der Waals surface area (Å²) in [6.45, 7) is 11.9. The minimum absolute atomic E-state index is 0.0360. The summed E-state index contributed by atoms with van der Waals surface area (Å²) in [6.07, 6.45) is 0.180. The van der Waals surface area contributed by atoms with Crippen LogP contribution in [0.4, 0.5) is 20.2 Å². The Morgan fingerprint density at radius 2 is 1.95 bits per heavy atom. The van der Waals surface area contributed by atoms with Crippen molar-refractivity contribution < 1.29 is 36.3 Å². The number of oxazole rings is 1. The van der Waals surface area contributed by atoms with Gasteiger partial charge in [-0.05, 0) is 55.5 Å². The highest BCUT2D eigenvalue weighted by atomic mass is 32.2. The SMILES string of the molecule is C=C(C)COc1ccc([C@@H]2C3=C(CC(C)(C)CS3(=O)=O)Nc3c(O)cccc3N2C(=O)c2nc(C)oc2C)c(F)c1F. The Morgan fingerprint density at radius 3 is 2.60 bits per heavy atom. The molecule has 222 valence electrons. The number of hydrogen-bond acceptors (Lipinski definition) is 8. The third-order valence-corrected chi connectivity index (χ3v) is 9.40. The first-order valence-corrected chi connectivity index (χ1v) is 14.8. The molecule has 0 unspecified atom stereocenters. The largest absolute Gasteiger partial charge is 0.506 e. The Hall–Kier alpha value is -4.19. The fraction of sp³-hybridized carbons (Fsp3) is 0.333. The summed E-state index contributed by atoms with van der Waals surface area (Å²) in [5, 5.41) is 13.9. The molecule has 0 radical (unpaired) electrons. The Balaban J connectivity index is 1.85. The van der Waals surface area contributed by atoms with Gasteiger partial charge in [-0.3, -0.25) is 9.69 Å². The molecule has 0 saturated heterocycles. The van der Waals surface area contributed by atoms with E-state index in [-0.39, 0.29) is 63.9 Å². The Kier molecular flexibility index (Phi) is 7.16. The van der Waals surface area contributed by atoms with Gasteiger partial charge >= 0.3 is 0 Å². The van der Waals surface area contributed by atoms with Crippen LogP contribution in [-0.4, -0.2) is 36.8 Å². The first-order chi connectivity index (χ1) is 19.6. The van der Waals surface area contributed by atoms with Crippen molar-refractivity contribution in [2.45, 2.75) is 47.1 Å². The van der Waals surface area contributed by atoms with E-state index in [0.717, 1.165) is 4.90 Å². The number of amides is 1. The highest BCUT2D eigenvalue weighted by Gasteiger charge is 2.48. The molecule has 0 aliphatic carbocycles. The number of aromatic hydroxyl groups is 1. The Bertz CT molecular complexity index is 1780. The van der Waals surface area contributed by atoms with Gasteiger partial charge in [-0.25, -0.2) is 17.8 Å². The van der Waals surface area contributed by atoms with Crippen LogP contribution in [0.3, 0.4) is 0 Å². The molecule has 3 aromatic rings. The summed E-state index contributed by atoms with van der Waals surface area (Å²) >= 11 is 0. The zero-order valence-electron chi connectivity index (χ0n) is 23.8. The molecular weight excluding hydrogens is 568 g/mol. The fourth-order valence-electron chi connectivity index (χ4n) is 5.52. The third-order valence-electron chi connectivity index (χ3n) is 7.10. The molecular formula is C30H31F2N3O6S. The lowest BCUT2D eigenvalue weighted by molar-refractivity contribution is 0.0974. The summed E-state index contributed by atoms with van der Waals surface area (Å²) in [5.41, 5.74) is -0.510. The van der Waals surface area contributed by atoms with E-state index in [0.29, 0.717) is 5.57 Å². The predicted molar refractivity (Wildman–Crippen MR) is 153 cm³/mol. The van der Waals surface area contributed by atoms with Crippen LogP contribution in [-0.2, 0) is 9.84 Å². The molecule has 2 aliphatic rings. The number of benzene rings is 2. The van der Waals surface area contributed by atoms with Crippen molar-refractivity contribution in [3.05, 3.63) is 87.6 Å². The molecule has 1 atom stereocenters. The van der Waals surface area contributed by atoms with E-state index in [1.54, 1.807) is 20.8 Å². The van der Waals surface area contributed by atoms with Crippen LogP contribution in [0.5, 0.6) is 11.5 Å². The molecule has 5 rings (SSSR count). The standard InChI is InChI=1S/C30H31F2N3O6S/c1-15(2)13-40-22-11-10-18(23(31)24(22)32)27-28-19(12-30(5,6)14-42(28,38)39)34-26-20(8-7-9-21(26)36)35(27)29(37)25-16(3)41-17(4)33-25/h7-11,27,34,36H,1,12-14H2,2-6H3/t27-/m1/s1. The van der Waals surface area contributed by atoms with Crippen molar-refractivity contribution in [3.63, 3.8) is 0 Å². The second-order valence-corrected chi connectivity index (χ2v) is 13.4. The average molecular weight is 600 g/mol. The third kappa shape index (κ3) is 5.04. The summed E-state index contributed by atoms with van der Waals surface area (Å²) in [7, 11) is -4.19. The van der Waals surface area contributed by atoms with E-state index in [1.165, 1.54) is 44.2 Å². The van der Waals surface area contributed by atoms with Crippen LogP contribution < -0.4 is 15.0 Å². The van der Waals surface area contributed by atoms with Crippen LogP contribution in [0, 0.1) is 30.9 Å². The number of carbonyl (C=O) groups is 1. The second-order valence-electron chi connectivity index (χ2n) is 11.5. The molecule has 0 saturated carbocycles. The lowest BCUT2D eigenvalue weighted by Crippen LogP contribution is -2.41. The molecule has 1 amide bonds. The maximum atomic E-state index is 16.1. The minimum Gasteiger partial charge on any atom is -0.506 e. The molecule has 0 fully saturated rings. The van der Waals surface area contributed by atoms with Crippen molar-refractivity contribution in [2.75, 3.05) is 22.6 Å². The Morgan fingerprint density at radius 1 is 1.24 bits per heavy atom. The van der Waals surface area contributed by atoms with Crippen molar-refractivity contribution >= 4 is 27.1 Å². The highest BCUT2D eigenvalue weighted by Crippen LogP contribution is 2.52. The number of fused-ring (bicyclic) bond motifs is 1. The van der Waals surface area contributed by atoms with Gasteiger partial charge in [0, 0.05) is 18.2 Å². The first kappa shape index (κ1) is 29.3. The summed E-state index contributed by atoms with van der Waals surface area (Å²) in [5.74, 6) is -4.23. The van der Waals surface area contributed by atoms with Gasteiger partial charge < -0.3 is 19.6 Å². The van der Waals surface area contributed by atoms with Gasteiger partial charge in [0.25, 0.3) is 5.91 Å². The predicted octanol–water partition coefficient (Wildman–Crippen LogP) is 6.10. The number of anilines is 2. The smallest absolute Gasteiger partial charge is 0.281 e. The number of hydrogen-bond donors (Lipinski definition) is 2. The van der Waals surface area contributed by atoms with E-state index in [4.69, 9.17) is 9.15 Å². The number of sulfone groups is 1. The number of allylic oxidation sites excluding steroid dienone is 1. The molecule has 0 bridgehead atoms. The van der Waals surface area contributed by atoms with E-state index in [1.807, 2.05) is 0 Å². The number of nitrogens with zero attached hydrogens (tertiary/aromatic N) is 2. The molecule has 12 heteroatoms. The van der Waals surface area contributed by atoms with Crippen LogP contribution in [0.1, 0.15) is 60.9 Å². The normalized spacial score (nSPS) is 18.9. The van der Waals surface area contributed by atoms with E-state index < -0.39 is 50.1 Å². The molecule has 2 aromatic carbocycles. The van der Waals surface area contributed by atoms with Gasteiger partial charge in [-0.15, -0.1) is 0 Å². The van der Waals surface area contributed by atoms with Gasteiger partial charge in [-0.1, -0.05) is 26.5 Å². The highest BCUT2D eigenvalue weighted by molar-refractivity contribution is 7.95. The van der Waals surface area contributed by atoms with E-state index in [2.05, 4.69) is 16.9 Å². The number of aromatic nitrogens is 1. The van der Waals surface area contributed by atoms with Crippen molar-refractivity contribution in [2.24, 2.45) is 5.41 Å². The number of nitrogens with one attached hydrogen (secondary N) is 1. The molecule has 2 N–H and O–H groups in total. The van der Waals surface area contributed by atoms with Gasteiger partial charge in [0.1, 0.15) is 29.8 Å². The van der Waals surface area contributed by atoms with Crippen LogP contribution in [0.15, 0.2) is 57.5 Å². The molecule has 9 nitrogen and oxygen atoms in total. The van der Waals surface area contributed by atoms with Crippen LogP contribution >= 0.6 is 0 Å². The molecule has 2 aliphatic heterocycles. The number of phenolic OH excluding ortho intramolecular Hbond substituents is 1. The van der Waals surface area contributed by atoms with Crippen LogP contribution in [0.2, 0.25) is 0 Å². The van der Waals surface area contributed by atoms with E-state index >= 15 is 8.78 Å². The number of ether oxygens (including phenoxy) is 1. The lowest BCUT2D eigenvalue weighted by Gasteiger charge is -2.37. The van der Waals surface area contributed by atoms with E-state index in [9.17, 15) is 18.3 Å². The van der Waals surface area contributed by atoms with Crippen molar-refractivity contribution in [1.82, 2.24) is 4.98 Å². The lowest BCUT2D eigenvalue weighted by atomic mass is 9.88. The maximum absolute atomic E-state index is 16.1. The maximum Gasteiger partial charge on any atom is 0.281 e. The molecule has 1 aromatic heterocycles. The number of rotatable bonds is 5. The van der Waals surface area contributed by atoms with Crippen molar-refractivity contribution in [3.8, 4) is 11.5 Å². The molecule has 3 heterocycles. The fourth-order valence-corrected chi connectivity index (χ4v) is 7.88. The summed E-state index contributed by atoms with van der Waals surface area (Å²) < 4.78 is 70.5. The molecule has 42 heavy (non-hydrogen) atoms. The number of phenols is 1. The van der Waals surface area contributed by atoms with Crippen molar-refractivity contribution in [1.29, 1.82) is 0 Å². The quantitative estimate of drug-likeness (QED) is 0.267. The number of halogens is 2. The number of aryl methyl sites for hydroxylation is 2. The topological polar surface area (TPSA) is 122 Å². The minimum atomic E-state index is -4.19. The zero-order valence-corrected chi connectivity index (χ0v) is 24.7. The number of para-hydroxylation sites is 1. The van der Waals surface area contributed by atoms with Crippen LogP contribution in [0.25, 0.3) is 0 Å².